The quantitative estimate of drug-likeness (QED) is 0.539. The number of rotatable bonds is 4. The molecule has 0 bridgehead atoms. The molecular formula is C5H7F6NO4S2Si. The van der Waals surface area contributed by atoms with Crippen molar-refractivity contribution in [1.82, 2.24) is 4.57 Å². The number of hydrogen-bond donors (Lipinski definition) is 0. The molecule has 0 amide bonds. The van der Waals surface area contributed by atoms with Gasteiger partial charge >= 0.3 is 11.0 Å². The number of halogens is 6. The molecule has 0 heterocycles. The van der Waals surface area contributed by atoms with Crippen LogP contribution in [-0.2, 0) is 19.7 Å². The summed E-state index contributed by atoms with van der Waals surface area (Å²) >= 11 is 0. The fourth-order valence-corrected chi connectivity index (χ4v) is 6.83. The van der Waals surface area contributed by atoms with Crippen LogP contribution in [0.15, 0.2) is 0 Å². The Bertz CT molecular complexity index is 477. The van der Waals surface area contributed by atoms with Crippen molar-refractivity contribution in [2.45, 2.75) is 15.2 Å². The van der Waals surface area contributed by atoms with Crippen LogP contribution in [0.3, 0.4) is 0 Å². The van der Waals surface area contributed by atoms with Crippen molar-refractivity contribution in [3.63, 3.8) is 0 Å². The van der Waals surface area contributed by atoms with Gasteiger partial charge in [0.25, 0.3) is 19.7 Å². The van der Waals surface area contributed by atoms with Gasteiger partial charge in [-0.15, -0.1) is 0 Å². The van der Waals surface area contributed by atoms with E-state index in [-0.39, 0.29) is 0 Å². The summed E-state index contributed by atoms with van der Waals surface area (Å²) in [6.45, 7) is 0. The second kappa shape index (κ2) is 5.21. The lowest BCUT2D eigenvalue weighted by Crippen LogP contribution is -2.51. The maximum Gasteiger partial charge on any atom is 0.498 e. The Kier molecular flexibility index (Phi) is 5.12. The SMILES string of the molecule is CN(C)[Si]C(S(=O)(=O)C(F)(F)F)S(=O)(=O)C(F)(F)F. The minimum absolute atomic E-state index is 0.622. The van der Waals surface area contributed by atoms with Gasteiger partial charge in [-0.05, 0) is 14.1 Å². The van der Waals surface area contributed by atoms with Crippen molar-refractivity contribution in [3.05, 3.63) is 0 Å². The molecule has 0 aliphatic carbocycles. The molecule has 0 atom stereocenters. The smallest absolute Gasteiger partial charge is 0.329 e. The molecule has 0 spiro atoms. The maximum absolute atomic E-state index is 12.2. The van der Waals surface area contributed by atoms with Crippen LogP contribution in [0.4, 0.5) is 26.3 Å². The molecule has 0 aromatic rings. The highest BCUT2D eigenvalue weighted by atomic mass is 32.3. The summed E-state index contributed by atoms with van der Waals surface area (Å²) in [6, 6.07) is 0. The normalized spacial score (nSPS) is 15.3. The average Bonchev–Trinajstić information content (AvgIpc) is 2.09. The Hall–Kier alpha value is -0.343. The largest absolute Gasteiger partial charge is 0.498 e. The lowest BCUT2D eigenvalue weighted by molar-refractivity contribution is -0.0463. The van der Waals surface area contributed by atoms with Gasteiger partial charge in [-0.1, -0.05) is 0 Å². The fourth-order valence-electron chi connectivity index (χ4n) is 0.759. The molecule has 0 aromatic carbocycles. The fraction of sp³-hybridized carbons (Fsp3) is 1.00. The highest BCUT2D eigenvalue weighted by Crippen LogP contribution is 2.35. The Morgan fingerprint density at radius 1 is 0.842 bits per heavy atom. The van der Waals surface area contributed by atoms with Crippen LogP contribution in [0.5, 0.6) is 0 Å². The lowest BCUT2D eigenvalue weighted by Gasteiger charge is -2.22. The Labute approximate surface area is 107 Å². The van der Waals surface area contributed by atoms with Crippen LogP contribution < -0.4 is 0 Å². The van der Waals surface area contributed by atoms with Crippen molar-refractivity contribution < 1.29 is 43.2 Å². The van der Waals surface area contributed by atoms with E-state index in [2.05, 4.69) is 0 Å². The molecule has 0 saturated carbocycles. The summed E-state index contributed by atoms with van der Waals surface area (Å²) in [5.74, 6) is 0. The van der Waals surface area contributed by atoms with Crippen LogP contribution in [0, 0.1) is 0 Å². The van der Waals surface area contributed by atoms with Gasteiger partial charge < -0.3 is 4.57 Å². The Morgan fingerprint density at radius 2 is 1.11 bits per heavy atom. The monoisotopic (exact) mass is 351 g/mol. The number of hydrogen-bond acceptors (Lipinski definition) is 5. The van der Waals surface area contributed by atoms with Gasteiger partial charge in [-0.25, -0.2) is 16.8 Å². The van der Waals surface area contributed by atoms with Gasteiger partial charge in [-0.3, -0.25) is 0 Å². The van der Waals surface area contributed by atoms with E-state index in [4.69, 9.17) is 0 Å². The molecule has 19 heavy (non-hydrogen) atoms. The molecule has 0 rings (SSSR count). The first-order chi connectivity index (χ1) is 8.05. The first-order valence-corrected chi connectivity index (χ1v) is 8.20. The number of sulfone groups is 2. The van der Waals surface area contributed by atoms with Gasteiger partial charge in [0.2, 0.25) is 0 Å². The van der Waals surface area contributed by atoms with E-state index in [0.29, 0.717) is 4.57 Å². The van der Waals surface area contributed by atoms with Crippen LogP contribution >= 0.6 is 0 Å². The second-order valence-electron chi connectivity index (χ2n) is 3.34. The second-order valence-corrected chi connectivity index (χ2v) is 10.3. The van der Waals surface area contributed by atoms with E-state index in [1.54, 1.807) is 0 Å². The van der Waals surface area contributed by atoms with Crippen LogP contribution in [-0.4, -0.2) is 60.4 Å². The van der Waals surface area contributed by atoms with E-state index in [0.717, 1.165) is 14.1 Å². The summed E-state index contributed by atoms with van der Waals surface area (Å²) in [7, 11) is -12.9. The lowest BCUT2D eigenvalue weighted by atomic mass is 11.3. The highest BCUT2D eigenvalue weighted by Gasteiger charge is 2.63. The molecule has 0 aliphatic heterocycles. The molecule has 0 saturated heterocycles. The molecule has 14 heteroatoms. The summed E-state index contributed by atoms with van der Waals surface area (Å²) < 4.78 is 114. The highest BCUT2D eigenvalue weighted by molar-refractivity contribution is 8.11. The van der Waals surface area contributed by atoms with Crippen LogP contribution in [0.1, 0.15) is 0 Å². The van der Waals surface area contributed by atoms with E-state index < -0.39 is 44.6 Å². The molecule has 5 nitrogen and oxygen atoms in total. The van der Waals surface area contributed by atoms with Gasteiger partial charge in [0.05, 0.1) is 0 Å². The summed E-state index contributed by atoms with van der Waals surface area (Å²) in [6.07, 6.45) is 0. The third-order valence-electron chi connectivity index (χ3n) is 1.57. The van der Waals surface area contributed by atoms with Crippen molar-refractivity contribution in [1.29, 1.82) is 0 Å². The molecule has 0 fully saturated rings. The first-order valence-electron chi connectivity index (χ1n) is 4.09. The van der Waals surface area contributed by atoms with Crippen molar-refractivity contribution in [2.75, 3.05) is 14.1 Å². The maximum atomic E-state index is 12.2. The molecule has 0 aromatic heterocycles. The van der Waals surface area contributed by atoms with Crippen molar-refractivity contribution in [2.24, 2.45) is 0 Å². The van der Waals surface area contributed by atoms with E-state index in [9.17, 15) is 43.2 Å². The minimum atomic E-state index is -6.51. The summed E-state index contributed by atoms with van der Waals surface area (Å²) in [5.41, 5.74) is -12.2. The summed E-state index contributed by atoms with van der Waals surface area (Å²) in [4.78, 5) is 0. The van der Waals surface area contributed by atoms with E-state index in [1.807, 2.05) is 0 Å². The molecule has 2 radical (unpaired) electrons. The van der Waals surface area contributed by atoms with Crippen LogP contribution in [0.2, 0.25) is 0 Å². The van der Waals surface area contributed by atoms with Crippen LogP contribution in [0.25, 0.3) is 0 Å². The third kappa shape index (κ3) is 3.82. The molecule has 0 unspecified atom stereocenters. The van der Waals surface area contributed by atoms with Gasteiger partial charge in [0, 0.05) is 0 Å². The van der Waals surface area contributed by atoms with E-state index >= 15 is 0 Å². The zero-order chi connectivity index (χ0) is 15.9. The zero-order valence-corrected chi connectivity index (χ0v) is 11.9. The van der Waals surface area contributed by atoms with Crippen molar-refractivity contribution in [3.8, 4) is 0 Å². The zero-order valence-electron chi connectivity index (χ0n) is 9.24. The van der Waals surface area contributed by atoms with Gasteiger partial charge in [0.1, 0.15) is 0 Å². The predicted molar refractivity (Wildman–Crippen MR) is 53.2 cm³/mol. The molecule has 0 aliphatic rings. The number of alkyl halides is 6. The molecule has 0 N–H and O–H groups in total. The third-order valence-corrected chi connectivity index (χ3v) is 8.73. The summed E-state index contributed by atoms with van der Waals surface area (Å²) in [5, 5.41) is 0. The predicted octanol–water partition coefficient (Wildman–Crippen LogP) is 0.320. The Balaban J connectivity index is 6.05. The number of nitrogens with zero attached hydrogens (tertiary/aromatic N) is 1. The molecule has 114 valence electrons. The van der Waals surface area contributed by atoms with E-state index in [1.165, 1.54) is 0 Å². The average molecular weight is 351 g/mol. The molecular weight excluding hydrogens is 344 g/mol. The standard InChI is InChI=1S/C5H7F6NO4S2Si/c1-12(2)19-3(17(13,14)4(6,7)8)18(15,16)5(9,10)11/h3H,1-2H3. The van der Waals surface area contributed by atoms with Gasteiger partial charge in [0.15, 0.2) is 13.9 Å². The first kappa shape index (κ1) is 18.7. The van der Waals surface area contributed by atoms with Crippen molar-refractivity contribution >= 4 is 29.4 Å². The Morgan fingerprint density at radius 3 is 1.26 bits per heavy atom. The topological polar surface area (TPSA) is 71.5 Å². The minimum Gasteiger partial charge on any atom is -0.329 e. The van der Waals surface area contributed by atoms with Gasteiger partial charge in [-0.2, -0.15) is 26.3 Å².